The van der Waals surface area contributed by atoms with Gasteiger partial charge in [0.2, 0.25) is 0 Å². The molecule has 2 aliphatic heterocycles. The second-order valence-corrected chi connectivity index (χ2v) is 10.2. The lowest BCUT2D eigenvalue weighted by Crippen LogP contribution is -2.45. The van der Waals surface area contributed by atoms with E-state index in [9.17, 15) is 18.4 Å². The summed E-state index contributed by atoms with van der Waals surface area (Å²) in [6.45, 7) is 3.45. The predicted molar refractivity (Wildman–Crippen MR) is 142 cm³/mol. The van der Waals surface area contributed by atoms with Gasteiger partial charge >= 0.3 is 6.03 Å². The number of hydrogen-bond donors (Lipinski definition) is 3. The Morgan fingerprint density at radius 1 is 1.18 bits per heavy atom. The van der Waals surface area contributed by atoms with Crippen LogP contribution in [-0.4, -0.2) is 36.1 Å². The molecule has 1 saturated heterocycles. The van der Waals surface area contributed by atoms with Gasteiger partial charge in [0.15, 0.2) is 11.6 Å². The molecule has 4 aromatic rings. The van der Waals surface area contributed by atoms with Gasteiger partial charge in [-0.15, -0.1) is 11.3 Å². The molecule has 0 aliphatic carbocycles. The highest BCUT2D eigenvalue weighted by Gasteiger charge is 2.33. The Morgan fingerprint density at radius 2 is 2.05 bits per heavy atom. The topological polar surface area (TPSA) is 95.6 Å². The molecule has 0 saturated carbocycles. The quantitative estimate of drug-likeness (QED) is 0.298. The summed E-state index contributed by atoms with van der Waals surface area (Å²) in [6, 6.07) is 9.41. The monoisotopic (exact) mass is 535 g/mol. The molecule has 0 unspecified atom stereocenters. The number of nitrogens with zero attached hydrogens (tertiary/aromatic N) is 2. The smallest absolute Gasteiger partial charge is 0.331 e. The van der Waals surface area contributed by atoms with Crippen LogP contribution in [0.5, 0.6) is 11.5 Å². The highest BCUT2D eigenvalue weighted by atomic mass is 32.1. The first-order chi connectivity index (χ1) is 18.4. The van der Waals surface area contributed by atoms with Crippen molar-refractivity contribution in [3.8, 4) is 11.5 Å². The van der Waals surface area contributed by atoms with Crippen LogP contribution in [0.3, 0.4) is 0 Å². The van der Waals surface area contributed by atoms with Gasteiger partial charge in [-0.25, -0.2) is 18.6 Å². The van der Waals surface area contributed by atoms with Crippen LogP contribution in [0.1, 0.15) is 28.1 Å². The van der Waals surface area contributed by atoms with E-state index in [-0.39, 0.29) is 17.7 Å². The summed E-state index contributed by atoms with van der Waals surface area (Å²) in [5.74, 6) is -1.52. The number of urea groups is 1. The van der Waals surface area contributed by atoms with Gasteiger partial charge in [0.25, 0.3) is 5.91 Å². The summed E-state index contributed by atoms with van der Waals surface area (Å²) in [5.41, 5.74) is 2.33. The Labute approximate surface area is 220 Å². The van der Waals surface area contributed by atoms with Crippen LogP contribution in [0.25, 0.3) is 10.2 Å². The molecule has 2 aromatic heterocycles. The Kier molecular flexibility index (Phi) is 6.16. The zero-order valence-electron chi connectivity index (χ0n) is 20.3. The number of ether oxygens (including phenoxy) is 1. The van der Waals surface area contributed by atoms with E-state index in [4.69, 9.17) is 4.74 Å². The molecule has 3 N–H and O–H groups in total. The Bertz CT molecular complexity index is 1580. The first-order valence-electron chi connectivity index (χ1n) is 12.2. The molecule has 0 radical (unpaired) electrons. The number of aryl methyl sites for hydroxylation is 1. The minimum atomic E-state index is -0.814. The van der Waals surface area contributed by atoms with Gasteiger partial charge in [-0.3, -0.25) is 9.69 Å². The number of nitrogens with one attached hydrogen (secondary N) is 3. The molecule has 11 heteroatoms. The van der Waals surface area contributed by atoms with Crippen molar-refractivity contribution in [2.45, 2.75) is 25.8 Å². The number of pyridine rings is 1. The maximum atomic E-state index is 14.1. The first-order valence-corrected chi connectivity index (χ1v) is 13.0. The number of aromatic nitrogens is 1. The van der Waals surface area contributed by atoms with Crippen LogP contribution in [0.4, 0.5) is 30.6 Å². The molecule has 2 aliphatic rings. The molecule has 1 fully saturated rings. The van der Waals surface area contributed by atoms with Crippen molar-refractivity contribution in [1.29, 1.82) is 0 Å². The molecular formula is C27H23F2N5O3S. The van der Waals surface area contributed by atoms with E-state index < -0.39 is 17.7 Å². The summed E-state index contributed by atoms with van der Waals surface area (Å²) in [4.78, 5) is 33.6. The van der Waals surface area contributed by atoms with Gasteiger partial charge in [-0.05, 0) is 68.3 Å². The van der Waals surface area contributed by atoms with E-state index in [1.54, 1.807) is 37.4 Å². The molecule has 6 rings (SSSR count). The van der Waals surface area contributed by atoms with E-state index in [0.29, 0.717) is 50.0 Å². The van der Waals surface area contributed by atoms with Crippen molar-refractivity contribution >= 4 is 50.6 Å². The van der Waals surface area contributed by atoms with Crippen LogP contribution < -0.4 is 25.6 Å². The Morgan fingerprint density at radius 3 is 2.82 bits per heavy atom. The van der Waals surface area contributed by atoms with Gasteiger partial charge in [-0.1, -0.05) is 0 Å². The fraction of sp³-hybridized carbons (Fsp3) is 0.222. The molecule has 0 spiro atoms. The van der Waals surface area contributed by atoms with E-state index in [1.807, 2.05) is 0 Å². The van der Waals surface area contributed by atoms with Crippen molar-refractivity contribution < 1.29 is 23.1 Å². The van der Waals surface area contributed by atoms with Crippen molar-refractivity contribution in [2.75, 3.05) is 23.3 Å². The molecule has 1 atom stereocenters. The average Bonchev–Trinajstić information content (AvgIpc) is 3.27. The second-order valence-electron chi connectivity index (χ2n) is 9.22. The number of carbonyl (C=O) groups excluding carboxylic acids is 2. The molecular weight excluding hydrogens is 512 g/mol. The molecule has 0 bridgehead atoms. The van der Waals surface area contributed by atoms with Gasteiger partial charge in [-0.2, -0.15) is 0 Å². The largest absolute Gasteiger partial charge is 0.454 e. The summed E-state index contributed by atoms with van der Waals surface area (Å²) in [6.07, 6.45) is 3.50. The molecule has 4 heterocycles. The number of rotatable bonds is 5. The second kappa shape index (κ2) is 9.66. The van der Waals surface area contributed by atoms with E-state index >= 15 is 0 Å². The average molecular weight is 536 g/mol. The van der Waals surface area contributed by atoms with Crippen molar-refractivity contribution in [3.05, 3.63) is 70.7 Å². The molecule has 3 amide bonds. The SMILES string of the molecule is Cc1cc(Oc2ccc(F)cc2F)ccc1N1C(=O)Nc2c(C(=O)N[C@@H]3CCCNC3)sc3nccc1c23. The number of benzene rings is 2. The minimum Gasteiger partial charge on any atom is -0.454 e. The number of piperidine rings is 1. The predicted octanol–water partition coefficient (Wildman–Crippen LogP) is 5.84. The third-order valence-corrected chi connectivity index (χ3v) is 7.71. The van der Waals surface area contributed by atoms with Crippen LogP contribution in [-0.2, 0) is 0 Å². The fourth-order valence-electron chi connectivity index (χ4n) is 4.84. The zero-order valence-corrected chi connectivity index (χ0v) is 21.1. The van der Waals surface area contributed by atoms with Gasteiger partial charge < -0.3 is 20.7 Å². The number of amides is 3. The lowest BCUT2D eigenvalue weighted by atomic mass is 10.1. The number of hydrogen-bond acceptors (Lipinski definition) is 6. The number of thiophene rings is 1. The normalized spacial score (nSPS) is 16.9. The van der Waals surface area contributed by atoms with Crippen LogP contribution in [0.15, 0.2) is 48.7 Å². The third-order valence-electron chi connectivity index (χ3n) is 6.62. The van der Waals surface area contributed by atoms with Gasteiger partial charge in [0.1, 0.15) is 21.3 Å². The third kappa shape index (κ3) is 4.33. The fourth-order valence-corrected chi connectivity index (χ4v) is 5.86. The lowest BCUT2D eigenvalue weighted by Gasteiger charge is -2.30. The lowest BCUT2D eigenvalue weighted by molar-refractivity contribution is 0.0935. The Balaban J connectivity index is 1.33. The summed E-state index contributed by atoms with van der Waals surface area (Å²) in [7, 11) is 0. The van der Waals surface area contributed by atoms with Crippen LogP contribution >= 0.6 is 11.3 Å². The molecule has 38 heavy (non-hydrogen) atoms. The van der Waals surface area contributed by atoms with Crippen molar-refractivity contribution in [1.82, 2.24) is 15.6 Å². The van der Waals surface area contributed by atoms with Crippen LogP contribution in [0, 0.1) is 18.6 Å². The number of halogens is 2. The molecule has 2 aromatic carbocycles. The van der Waals surface area contributed by atoms with Gasteiger partial charge in [0, 0.05) is 24.8 Å². The highest BCUT2D eigenvalue weighted by Crippen LogP contribution is 2.46. The van der Waals surface area contributed by atoms with E-state index in [1.165, 1.54) is 22.3 Å². The molecule has 194 valence electrons. The van der Waals surface area contributed by atoms with Gasteiger partial charge in [0.05, 0.1) is 22.4 Å². The summed E-state index contributed by atoms with van der Waals surface area (Å²) in [5, 5.41) is 9.94. The first kappa shape index (κ1) is 24.3. The molecule has 8 nitrogen and oxygen atoms in total. The van der Waals surface area contributed by atoms with E-state index in [2.05, 4.69) is 20.9 Å². The maximum absolute atomic E-state index is 14.1. The highest BCUT2D eigenvalue weighted by molar-refractivity contribution is 7.21. The summed E-state index contributed by atoms with van der Waals surface area (Å²) < 4.78 is 32.9. The maximum Gasteiger partial charge on any atom is 0.331 e. The number of carbonyl (C=O) groups is 2. The van der Waals surface area contributed by atoms with Crippen LogP contribution in [0.2, 0.25) is 0 Å². The standard InChI is InChI=1S/C27H23F2N5O3S/c1-14-11-17(37-21-7-4-15(28)12-18(21)29)5-6-19(14)34-20-8-10-31-26-22(20)23(33-27(34)36)24(38-26)25(35)32-16-3-2-9-30-13-16/h4-8,10-12,16,30H,2-3,9,13H2,1H3,(H,32,35)(H,33,36)/t16-/m1/s1. The minimum absolute atomic E-state index is 0.0312. The van der Waals surface area contributed by atoms with Crippen molar-refractivity contribution in [3.63, 3.8) is 0 Å². The summed E-state index contributed by atoms with van der Waals surface area (Å²) >= 11 is 1.24. The number of anilines is 3. The Hall–Kier alpha value is -4.09. The van der Waals surface area contributed by atoms with E-state index in [0.717, 1.165) is 31.5 Å². The zero-order chi connectivity index (χ0) is 26.4. The van der Waals surface area contributed by atoms with Crippen molar-refractivity contribution in [2.24, 2.45) is 0 Å².